The van der Waals surface area contributed by atoms with E-state index in [1.54, 1.807) is 0 Å². The van der Waals surface area contributed by atoms with Crippen LogP contribution in [0, 0.1) is 5.92 Å². The summed E-state index contributed by atoms with van der Waals surface area (Å²) in [5, 5.41) is 3.70. The molecule has 0 saturated heterocycles. The van der Waals surface area contributed by atoms with Crippen LogP contribution >= 0.6 is 15.9 Å². The fraction of sp³-hybridized carbons (Fsp3) is 0.625. The third-order valence-corrected chi connectivity index (χ3v) is 4.40. The van der Waals surface area contributed by atoms with Gasteiger partial charge in [0.2, 0.25) is 0 Å². The van der Waals surface area contributed by atoms with Crippen LogP contribution in [0.4, 0.5) is 0 Å². The first-order valence-corrected chi connectivity index (χ1v) is 7.99. The first-order valence-electron chi connectivity index (χ1n) is 7.19. The molecule has 1 aliphatic rings. The molecule has 1 nitrogen and oxygen atoms in total. The van der Waals surface area contributed by atoms with Crippen LogP contribution in [0.3, 0.4) is 0 Å². The summed E-state index contributed by atoms with van der Waals surface area (Å²) in [6.07, 6.45) is 5.32. The lowest BCUT2D eigenvalue weighted by molar-refractivity contribution is 0.402. The lowest BCUT2D eigenvalue weighted by atomic mass is 9.84. The van der Waals surface area contributed by atoms with Gasteiger partial charge in [0.25, 0.3) is 0 Å². The molecule has 1 saturated carbocycles. The Kier molecular flexibility index (Phi) is 5.25. The normalized spacial score (nSPS) is 18.6. The molecule has 0 amide bonds. The second-order valence-corrected chi connectivity index (χ2v) is 6.53. The zero-order chi connectivity index (χ0) is 13.0. The molecule has 0 bridgehead atoms. The molecule has 1 N–H and O–H groups in total. The maximum absolute atomic E-state index is 3.70. The van der Waals surface area contributed by atoms with Gasteiger partial charge < -0.3 is 5.32 Å². The van der Waals surface area contributed by atoms with Crippen LogP contribution < -0.4 is 5.32 Å². The van der Waals surface area contributed by atoms with Gasteiger partial charge in [0.15, 0.2) is 0 Å². The fourth-order valence-corrected chi connectivity index (χ4v) is 3.04. The lowest BCUT2D eigenvalue weighted by Crippen LogP contribution is -2.27. The van der Waals surface area contributed by atoms with Crippen molar-refractivity contribution in [3.63, 3.8) is 0 Å². The van der Waals surface area contributed by atoms with Crippen molar-refractivity contribution in [1.29, 1.82) is 0 Å². The minimum Gasteiger partial charge on any atom is -0.313 e. The van der Waals surface area contributed by atoms with Crippen LogP contribution in [0.5, 0.6) is 0 Å². The Morgan fingerprint density at radius 2 is 2.17 bits per heavy atom. The SMILES string of the molecule is CCCC(C)C(CNC1CC1)c1cccc(Br)c1. The van der Waals surface area contributed by atoms with E-state index in [9.17, 15) is 0 Å². The van der Waals surface area contributed by atoms with E-state index in [-0.39, 0.29) is 0 Å². The van der Waals surface area contributed by atoms with Crippen molar-refractivity contribution in [2.75, 3.05) is 6.54 Å². The van der Waals surface area contributed by atoms with E-state index in [1.807, 2.05) is 0 Å². The fourth-order valence-electron chi connectivity index (χ4n) is 2.62. The minimum absolute atomic E-state index is 0.642. The van der Waals surface area contributed by atoms with Crippen molar-refractivity contribution >= 4 is 15.9 Å². The molecule has 2 rings (SSSR count). The summed E-state index contributed by atoms with van der Waals surface area (Å²) in [7, 11) is 0. The van der Waals surface area contributed by atoms with Gasteiger partial charge in [0.1, 0.15) is 0 Å². The van der Waals surface area contributed by atoms with Gasteiger partial charge in [-0.05, 0) is 42.4 Å². The van der Waals surface area contributed by atoms with E-state index in [0.29, 0.717) is 5.92 Å². The van der Waals surface area contributed by atoms with E-state index < -0.39 is 0 Å². The zero-order valence-electron chi connectivity index (χ0n) is 11.5. The minimum atomic E-state index is 0.642. The molecule has 1 fully saturated rings. The Labute approximate surface area is 119 Å². The summed E-state index contributed by atoms with van der Waals surface area (Å²) in [6.45, 7) is 5.80. The Hall–Kier alpha value is -0.340. The van der Waals surface area contributed by atoms with E-state index in [4.69, 9.17) is 0 Å². The smallest absolute Gasteiger partial charge is 0.0178 e. The third kappa shape index (κ3) is 4.10. The molecule has 2 atom stereocenters. The van der Waals surface area contributed by atoms with Crippen molar-refractivity contribution in [3.8, 4) is 0 Å². The first kappa shape index (κ1) is 14.1. The van der Waals surface area contributed by atoms with Gasteiger partial charge in [-0.3, -0.25) is 0 Å². The van der Waals surface area contributed by atoms with Crippen LogP contribution in [0.25, 0.3) is 0 Å². The van der Waals surface area contributed by atoms with Gasteiger partial charge in [-0.25, -0.2) is 0 Å². The van der Waals surface area contributed by atoms with Crippen LogP contribution in [0.15, 0.2) is 28.7 Å². The molecule has 18 heavy (non-hydrogen) atoms. The highest BCUT2D eigenvalue weighted by molar-refractivity contribution is 9.10. The number of hydrogen-bond acceptors (Lipinski definition) is 1. The number of halogens is 1. The molecule has 1 aromatic carbocycles. The van der Waals surface area contributed by atoms with Gasteiger partial charge >= 0.3 is 0 Å². The molecule has 1 aromatic rings. The van der Waals surface area contributed by atoms with Gasteiger partial charge in [-0.2, -0.15) is 0 Å². The predicted molar refractivity (Wildman–Crippen MR) is 82.0 cm³/mol. The Bertz CT molecular complexity index is 373. The van der Waals surface area contributed by atoms with Gasteiger partial charge in [0.05, 0.1) is 0 Å². The largest absolute Gasteiger partial charge is 0.313 e. The van der Waals surface area contributed by atoms with Crippen molar-refractivity contribution in [2.24, 2.45) is 5.92 Å². The molecule has 0 aliphatic heterocycles. The molecule has 2 heteroatoms. The molecule has 0 radical (unpaired) electrons. The highest BCUT2D eigenvalue weighted by Gasteiger charge is 2.24. The zero-order valence-corrected chi connectivity index (χ0v) is 13.0. The van der Waals surface area contributed by atoms with Crippen molar-refractivity contribution < 1.29 is 0 Å². The van der Waals surface area contributed by atoms with Crippen molar-refractivity contribution in [1.82, 2.24) is 5.32 Å². The molecule has 1 aliphatic carbocycles. The summed E-state index contributed by atoms with van der Waals surface area (Å²) in [4.78, 5) is 0. The number of benzene rings is 1. The van der Waals surface area contributed by atoms with Crippen LogP contribution in [0.2, 0.25) is 0 Å². The number of hydrogen-bond donors (Lipinski definition) is 1. The molecule has 0 heterocycles. The third-order valence-electron chi connectivity index (χ3n) is 3.91. The van der Waals surface area contributed by atoms with Crippen LogP contribution in [0.1, 0.15) is 51.0 Å². The van der Waals surface area contributed by atoms with E-state index in [2.05, 4.69) is 59.4 Å². The average molecular weight is 310 g/mol. The second kappa shape index (κ2) is 6.72. The highest BCUT2D eigenvalue weighted by atomic mass is 79.9. The Balaban J connectivity index is 2.06. The van der Waals surface area contributed by atoms with Gasteiger partial charge in [-0.1, -0.05) is 54.8 Å². The first-order chi connectivity index (χ1) is 8.70. The topological polar surface area (TPSA) is 12.0 Å². The Morgan fingerprint density at radius 3 is 2.78 bits per heavy atom. The molecular formula is C16H24BrN. The average Bonchev–Trinajstić information content (AvgIpc) is 3.14. The maximum atomic E-state index is 3.70. The van der Waals surface area contributed by atoms with Gasteiger partial charge in [-0.15, -0.1) is 0 Å². The van der Waals surface area contributed by atoms with E-state index in [1.165, 1.54) is 35.7 Å². The van der Waals surface area contributed by atoms with E-state index >= 15 is 0 Å². The standard InChI is InChI=1S/C16H24BrN/c1-3-5-12(2)16(11-18-15-8-9-15)13-6-4-7-14(17)10-13/h4,6-7,10,12,15-16,18H,3,5,8-9,11H2,1-2H3. The summed E-state index contributed by atoms with van der Waals surface area (Å²) in [5.74, 6) is 1.39. The second-order valence-electron chi connectivity index (χ2n) is 5.61. The highest BCUT2D eigenvalue weighted by Crippen LogP contribution is 2.30. The molecule has 0 aromatic heterocycles. The van der Waals surface area contributed by atoms with E-state index in [0.717, 1.165) is 18.5 Å². The quantitative estimate of drug-likeness (QED) is 0.768. The van der Waals surface area contributed by atoms with Gasteiger partial charge in [0, 0.05) is 17.1 Å². The monoisotopic (exact) mass is 309 g/mol. The van der Waals surface area contributed by atoms with Crippen molar-refractivity contribution in [2.45, 2.75) is 51.5 Å². The maximum Gasteiger partial charge on any atom is 0.0178 e. The summed E-state index contributed by atoms with van der Waals surface area (Å²) < 4.78 is 1.19. The summed E-state index contributed by atoms with van der Waals surface area (Å²) in [5.41, 5.74) is 1.47. The molecule has 2 unspecified atom stereocenters. The lowest BCUT2D eigenvalue weighted by Gasteiger charge is -2.25. The summed E-state index contributed by atoms with van der Waals surface area (Å²) >= 11 is 3.59. The molecule has 100 valence electrons. The molecular weight excluding hydrogens is 286 g/mol. The number of nitrogens with one attached hydrogen (secondary N) is 1. The molecule has 0 spiro atoms. The summed E-state index contributed by atoms with van der Waals surface area (Å²) in [6, 6.07) is 9.62. The number of rotatable bonds is 7. The van der Waals surface area contributed by atoms with Crippen LogP contribution in [-0.2, 0) is 0 Å². The van der Waals surface area contributed by atoms with Crippen LogP contribution in [-0.4, -0.2) is 12.6 Å². The van der Waals surface area contributed by atoms with Crippen molar-refractivity contribution in [3.05, 3.63) is 34.3 Å². The predicted octanol–water partition coefficient (Wildman–Crippen LogP) is 4.72. The Morgan fingerprint density at radius 1 is 1.39 bits per heavy atom.